The van der Waals surface area contributed by atoms with Crippen molar-refractivity contribution in [1.29, 1.82) is 0 Å². The summed E-state index contributed by atoms with van der Waals surface area (Å²) in [6, 6.07) is 23.3. The van der Waals surface area contributed by atoms with E-state index in [0.29, 0.717) is 12.0 Å². The van der Waals surface area contributed by atoms with Gasteiger partial charge in [-0.15, -0.1) is 0 Å². The van der Waals surface area contributed by atoms with Crippen LogP contribution in [0.25, 0.3) is 16.6 Å². The maximum atomic E-state index is 15.1. The summed E-state index contributed by atoms with van der Waals surface area (Å²) in [5.74, 6) is -2.03. The first-order valence-corrected chi connectivity index (χ1v) is 24.7. The molecule has 2 aromatic heterocycles. The van der Waals surface area contributed by atoms with Crippen molar-refractivity contribution in [2.24, 2.45) is 0 Å². The highest BCUT2D eigenvalue weighted by molar-refractivity contribution is 7.92. The SMILES string of the molecule is CCCCCCCCCCCCNS(=O)(=O)c1ccc(OC)c(NC(=O)C(c2nc3c(NS(C)(=O)=O)cccc3c(=O)n2-c2ccccc2)n2c(O)cn(Cc3ccccc3)c2=O)c1. The van der Waals surface area contributed by atoms with E-state index in [-0.39, 0.29) is 57.5 Å². The molecule has 0 aliphatic rings. The first-order chi connectivity index (χ1) is 30.7. The number of aromatic nitrogens is 4. The first-order valence-electron chi connectivity index (χ1n) is 21.3. The second kappa shape index (κ2) is 21.4. The molecule has 0 fully saturated rings. The molecule has 0 spiro atoms. The number of ether oxygens (including phenoxy) is 1. The summed E-state index contributed by atoms with van der Waals surface area (Å²) in [5.41, 5.74) is -0.993. The molecule has 64 heavy (non-hydrogen) atoms. The minimum Gasteiger partial charge on any atom is -0.495 e. The molecule has 0 aliphatic carbocycles. The zero-order valence-corrected chi connectivity index (χ0v) is 37.8. The van der Waals surface area contributed by atoms with Gasteiger partial charge in [-0.2, -0.15) is 0 Å². The summed E-state index contributed by atoms with van der Waals surface area (Å²) < 4.78 is 65.8. The fourth-order valence-corrected chi connectivity index (χ4v) is 9.22. The molecule has 340 valence electrons. The van der Waals surface area contributed by atoms with Crippen LogP contribution in [0.1, 0.15) is 88.6 Å². The lowest BCUT2D eigenvalue weighted by atomic mass is 10.1. The Morgan fingerprint density at radius 1 is 0.797 bits per heavy atom. The van der Waals surface area contributed by atoms with Gasteiger partial charge in [0.2, 0.25) is 25.9 Å². The van der Waals surface area contributed by atoms with E-state index in [1.54, 1.807) is 60.7 Å². The van der Waals surface area contributed by atoms with Crippen molar-refractivity contribution in [3.63, 3.8) is 0 Å². The second-order valence-electron chi connectivity index (χ2n) is 15.6. The Kier molecular flexibility index (Phi) is 15.8. The molecule has 6 aromatic rings. The Hall–Kier alpha value is -6.24. The largest absolute Gasteiger partial charge is 0.495 e. The number of hydrogen-bond donors (Lipinski definition) is 4. The summed E-state index contributed by atoms with van der Waals surface area (Å²) in [6.07, 6.45) is 13.0. The third-order valence-electron chi connectivity index (χ3n) is 10.7. The van der Waals surface area contributed by atoms with E-state index < -0.39 is 49.1 Å². The van der Waals surface area contributed by atoms with Crippen LogP contribution in [-0.2, 0) is 31.4 Å². The number of rotatable bonds is 23. The molecule has 2 heterocycles. The molecular weight excluding hydrogens is 859 g/mol. The number of imidazole rings is 1. The van der Waals surface area contributed by atoms with Crippen molar-refractivity contribution in [3.05, 3.63) is 135 Å². The predicted octanol–water partition coefficient (Wildman–Crippen LogP) is 6.91. The Bertz CT molecular complexity index is 2900. The number of amides is 1. The summed E-state index contributed by atoms with van der Waals surface area (Å²) in [6.45, 7) is 2.39. The van der Waals surface area contributed by atoms with Crippen LogP contribution in [0.2, 0.25) is 0 Å². The molecule has 1 unspecified atom stereocenters. The molecule has 0 aliphatic heterocycles. The standard InChI is InChI=1S/C46H55N7O9S2/c1-4-5-6-7-8-9-10-11-12-19-29-47-64(60,61)35-27-28-39(62-2)38(30-35)48-44(55)42(53-40(54)32-51(46(53)57)31-33-21-15-13-16-22-33)43-49-41-36(25-20-26-37(41)50-63(3,58)59)45(56)52(43)34-23-17-14-18-24-34/h13-18,20-28,30,32,42,47,50,54H,4-12,19,29,31H2,1-3H3,(H,48,55). The molecule has 1 amide bonds. The number of fused-ring (bicyclic) bond motifs is 1. The fourth-order valence-electron chi connectivity index (χ4n) is 7.55. The van der Waals surface area contributed by atoms with Gasteiger partial charge in [-0.3, -0.25) is 23.4 Å². The Balaban J connectivity index is 1.41. The average Bonchev–Trinajstić information content (AvgIpc) is 3.53. The number of unbranched alkanes of at least 4 members (excludes halogenated alkanes) is 9. The third kappa shape index (κ3) is 11.7. The summed E-state index contributed by atoms with van der Waals surface area (Å²) >= 11 is 0. The first kappa shape index (κ1) is 47.2. The van der Waals surface area contributed by atoms with Crippen LogP contribution < -0.4 is 30.7 Å². The van der Waals surface area contributed by atoms with Crippen molar-refractivity contribution < 1.29 is 31.5 Å². The lowest BCUT2D eigenvalue weighted by Gasteiger charge is -2.23. The molecule has 4 aromatic carbocycles. The van der Waals surface area contributed by atoms with Gasteiger partial charge in [-0.1, -0.05) is 119 Å². The number of sulfonamides is 2. The van der Waals surface area contributed by atoms with E-state index in [0.717, 1.165) is 47.3 Å². The molecule has 0 saturated carbocycles. The van der Waals surface area contributed by atoms with Crippen molar-refractivity contribution in [2.75, 3.05) is 29.9 Å². The van der Waals surface area contributed by atoms with Crippen molar-refractivity contribution in [1.82, 2.24) is 23.4 Å². The maximum Gasteiger partial charge on any atom is 0.332 e. The molecule has 4 N–H and O–H groups in total. The van der Waals surface area contributed by atoms with Gasteiger partial charge in [0.15, 0.2) is 6.04 Å². The maximum absolute atomic E-state index is 15.1. The molecule has 1 atom stereocenters. The number of aromatic hydroxyl groups is 1. The summed E-state index contributed by atoms with van der Waals surface area (Å²) in [4.78, 5) is 48.7. The number of nitrogens with one attached hydrogen (secondary N) is 3. The molecule has 6 rings (SSSR count). The quantitative estimate of drug-likeness (QED) is 0.0488. The zero-order chi connectivity index (χ0) is 45.9. The zero-order valence-electron chi connectivity index (χ0n) is 36.2. The molecule has 0 saturated heterocycles. The minimum absolute atomic E-state index is 0.00646. The normalized spacial score (nSPS) is 12.3. The van der Waals surface area contributed by atoms with Crippen LogP contribution in [0, 0.1) is 0 Å². The van der Waals surface area contributed by atoms with E-state index in [1.165, 1.54) is 80.2 Å². The van der Waals surface area contributed by atoms with Crippen LogP contribution in [0.15, 0.2) is 118 Å². The lowest BCUT2D eigenvalue weighted by molar-refractivity contribution is -0.118. The number of nitrogens with zero attached hydrogens (tertiary/aromatic N) is 4. The highest BCUT2D eigenvalue weighted by atomic mass is 32.2. The number of anilines is 2. The predicted molar refractivity (Wildman–Crippen MR) is 249 cm³/mol. The van der Waals surface area contributed by atoms with Crippen LogP contribution in [0.4, 0.5) is 11.4 Å². The number of para-hydroxylation sites is 2. The molecule has 0 radical (unpaired) electrons. The van der Waals surface area contributed by atoms with E-state index in [2.05, 4.69) is 21.7 Å². The van der Waals surface area contributed by atoms with E-state index in [4.69, 9.17) is 9.72 Å². The smallest absolute Gasteiger partial charge is 0.332 e. The van der Waals surface area contributed by atoms with Crippen LogP contribution in [0.3, 0.4) is 0 Å². The monoisotopic (exact) mass is 913 g/mol. The van der Waals surface area contributed by atoms with Crippen LogP contribution in [-0.4, -0.2) is 66.4 Å². The number of methoxy groups -OCH3 is 1. The number of hydrogen-bond acceptors (Lipinski definition) is 10. The molecule has 0 bridgehead atoms. The number of benzene rings is 4. The number of carbonyl (C=O) groups excluding carboxylic acids is 1. The van der Waals surface area contributed by atoms with Gasteiger partial charge in [0.1, 0.15) is 17.1 Å². The fraction of sp³-hybridized carbons (Fsp3) is 0.348. The number of carbonyl (C=O) groups is 1. The van der Waals surface area contributed by atoms with Crippen LogP contribution >= 0.6 is 0 Å². The van der Waals surface area contributed by atoms with Crippen LogP contribution in [0.5, 0.6) is 11.6 Å². The highest BCUT2D eigenvalue weighted by Gasteiger charge is 2.35. The van der Waals surface area contributed by atoms with Gasteiger partial charge < -0.3 is 15.2 Å². The van der Waals surface area contributed by atoms with Gasteiger partial charge in [-0.05, 0) is 54.4 Å². The van der Waals surface area contributed by atoms with Gasteiger partial charge in [-0.25, -0.2) is 35.9 Å². The average molecular weight is 914 g/mol. The van der Waals surface area contributed by atoms with E-state index in [1.807, 2.05) is 0 Å². The van der Waals surface area contributed by atoms with E-state index >= 15 is 4.79 Å². The van der Waals surface area contributed by atoms with Crippen molar-refractivity contribution in [2.45, 2.75) is 88.6 Å². The van der Waals surface area contributed by atoms with Crippen molar-refractivity contribution >= 4 is 48.2 Å². The Morgan fingerprint density at radius 2 is 1.44 bits per heavy atom. The third-order valence-corrected chi connectivity index (χ3v) is 12.8. The lowest BCUT2D eigenvalue weighted by Crippen LogP contribution is -2.39. The summed E-state index contributed by atoms with van der Waals surface area (Å²) in [5, 5.41) is 14.3. The van der Waals surface area contributed by atoms with Gasteiger partial charge in [0.05, 0.1) is 53.5 Å². The second-order valence-corrected chi connectivity index (χ2v) is 19.1. The Morgan fingerprint density at radius 3 is 2.08 bits per heavy atom. The molecule has 16 nitrogen and oxygen atoms in total. The molecular formula is C46H55N7O9S2. The Labute approximate surface area is 373 Å². The van der Waals surface area contributed by atoms with E-state index in [9.17, 15) is 31.5 Å². The van der Waals surface area contributed by atoms with Gasteiger partial charge in [0, 0.05) is 6.54 Å². The summed E-state index contributed by atoms with van der Waals surface area (Å²) in [7, 11) is -6.66. The molecule has 18 heteroatoms. The van der Waals surface area contributed by atoms with Crippen molar-refractivity contribution in [3.8, 4) is 17.3 Å². The minimum atomic E-state index is -4.08. The van der Waals surface area contributed by atoms with Gasteiger partial charge >= 0.3 is 5.69 Å². The highest BCUT2D eigenvalue weighted by Crippen LogP contribution is 2.32. The topological polar surface area (TPSA) is 213 Å². The van der Waals surface area contributed by atoms with Gasteiger partial charge in [0.25, 0.3) is 11.5 Å².